The Morgan fingerprint density at radius 3 is 2.36 bits per heavy atom. The number of nitriles is 1. The average Bonchev–Trinajstić information content (AvgIpc) is 2.46. The lowest BCUT2D eigenvalue weighted by molar-refractivity contribution is -0.139. The number of rotatable bonds is 6. The summed E-state index contributed by atoms with van der Waals surface area (Å²) >= 11 is 0. The van der Waals surface area contributed by atoms with Crippen LogP contribution in [0.2, 0.25) is 0 Å². The molecular formula is C15H16N2O5. The highest BCUT2D eigenvalue weighted by Crippen LogP contribution is 2.13. The molecule has 0 aliphatic carbocycles. The SMILES string of the molecule is CC(=O)Oc1ccc(C(=O)N[C@H](C[C@@H](C)C#N)C(=O)O)cc1. The average molecular weight is 304 g/mol. The number of carbonyl (C=O) groups is 3. The first-order valence-electron chi connectivity index (χ1n) is 6.55. The van der Waals surface area contributed by atoms with E-state index >= 15 is 0 Å². The van der Waals surface area contributed by atoms with Gasteiger partial charge in [0, 0.05) is 18.4 Å². The third-order valence-electron chi connectivity index (χ3n) is 2.79. The van der Waals surface area contributed by atoms with Gasteiger partial charge in [-0.2, -0.15) is 5.26 Å². The summed E-state index contributed by atoms with van der Waals surface area (Å²) in [7, 11) is 0. The van der Waals surface area contributed by atoms with E-state index in [2.05, 4.69) is 5.32 Å². The Morgan fingerprint density at radius 2 is 1.91 bits per heavy atom. The lowest BCUT2D eigenvalue weighted by Crippen LogP contribution is -2.41. The number of hydrogen-bond acceptors (Lipinski definition) is 5. The van der Waals surface area contributed by atoms with Gasteiger partial charge >= 0.3 is 11.9 Å². The second-order valence-electron chi connectivity index (χ2n) is 4.75. The molecule has 0 heterocycles. The number of ether oxygens (including phenoxy) is 1. The standard InChI is InChI=1S/C15H16N2O5/c1-9(8-16)7-13(15(20)21)17-14(19)11-3-5-12(6-4-11)22-10(2)18/h3-6,9,13H,7H2,1-2H3,(H,17,19)(H,20,21)/t9-,13-/m1/s1. The van der Waals surface area contributed by atoms with Crippen molar-refractivity contribution in [2.45, 2.75) is 26.3 Å². The van der Waals surface area contributed by atoms with Crippen LogP contribution in [0, 0.1) is 17.2 Å². The van der Waals surface area contributed by atoms with Gasteiger partial charge in [0.2, 0.25) is 0 Å². The van der Waals surface area contributed by atoms with Crippen molar-refractivity contribution >= 4 is 17.8 Å². The van der Waals surface area contributed by atoms with Crippen LogP contribution in [-0.2, 0) is 9.59 Å². The van der Waals surface area contributed by atoms with E-state index in [1.54, 1.807) is 6.92 Å². The molecule has 1 aromatic rings. The Labute approximate surface area is 127 Å². The van der Waals surface area contributed by atoms with E-state index in [0.29, 0.717) is 0 Å². The van der Waals surface area contributed by atoms with Crippen LogP contribution in [0.4, 0.5) is 0 Å². The van der Waals surface area contributed by atoms with Gasteiger partial charge in [-0.25, -0.2) is 4.79 Å². The van der Waals surface area contributed by atoms with Crippen molar-refractivity contribution in [2.24, 2.45) is 5.92 Å². The maximum absolute atomic E-state index is 12.0. The fraction of sp³-hybridized carbons (Fsp3) is 0.333. The number of carbonyl (C=O) groups excluding carboxylic acids is 2. The first-order chi connectivity index (χ1) is 10.3. The first kappa shape index (κ1) is 17.2. The minimum atomic E-state index is -1.20. The summed E-state index contributed by atoms with van der Waals surface area (Å²) in [6.07, 6.45) is 0.0170. The van der Waals surface area contributed by atoms with Crippen molar-refractivity contribution in [1.29, 1.82) is 5.26 Å². The van der Waals surface area contributed by atoms with Gasteiger partial charge in [-0.1, -0.05) is 0 Å². The predicted molar refractivity (Wildman–Crippen MR) is 76.0 cm³/mol. The topological polar surface area (TPSA) is 116 Å². The molecule has 1 aromatic carbocycles. The number of benzene rings is 1. The maximum Gasteiger partial charge on any atom is 0.326 e. The molecule has 2 atom stereocenters. The molecule has 0 unspecified atom stereocenters. The van der Waals surface area contributed by atoms with E-state index in [9.17, 15) is 14.4 Å². The third kappa shape index (κ3) is 5.25. The Balaban J connectivity index is 2.75. The second-order valence-corrected chi connectivity index (χ2v) is 4.75. The van der Waals surface area contributed by atoms with Crippen LogP contribution >= 0.6 is 0 Å². The van der Waals surface area contributed by atoms with E-state index in [1.807, 2.05) is 6.07 Å². The van der Waals surface area contributed by atoms with Crippen molar-refractivity contribution in [3.63, 3.8) is 0 Å². The summed E-state index contributed by atoms with van der Waals surface area (Å²) in [6, 6.07) is 6.49. The van der Waals surface area contributed by atoms with Gasteiger partial charge < -0.3 is 15.2 Å². The normalized spacial score (nSPS) is 12.6. The molecule has 7 heteroatoms. The van der Waals surface area contributed by atoms with Crippen molar-refractivity contribution in [3.8, 4) is 11.8 Å². The molecule has 0 spiro atoms. The number of amides is 1. The number of esters is 1. The van der Waals surface area contributed by atoms with Crippen LogP contribution in [-0.4, -0.2) is 29.0 Å². The van der Waals surface area contributed by atoms with Crippen LogP contribution in [0.15, 0.2) is 24.3 Å². The highest BCUT2D eigenvalue weighted by atomic mass is 16.5. The Hall–Kier alpha value is -2.88. The first-order valence-corrected chi connectivity index (χ1v) is 6.55. The maximum atomic E-state index is 12.0. The summed E-state index contributed by atoms with van der Waals surface area (Å²) in [5, 5.41) is 20.2. The van der Waals surface area contributed by atoms with Gasteiger partial charge in [-0.05, 0) is 37.6 Å². The molecule has 0 radical (unpaired) electrons. The lowest BCUT2D eigenvalue weighted by atomic mass is 10.0. The van der Waals surface area contributed by atoms with Gasteiger partial charge in [0.25, 0.3) is 5.91 Å². The summed E-state index contributed by atoms with van der Waals surface area (Å²) in [5.41, 5.74) is 0.228. The molecule has 2 N–H and O–H groups in total. The summed E-state index contributed by atoms with van der Waals surface area (Å²) in [5.74, 6) is -2.46. The highest BCUT2D eigenvalue weighted by molar-refractivity contribution is 5.96. The molecular weight excluding hydrogens is 288 g/mol. The van der Waals surface area contributed by atoms with E-state index in [-0.39, 0.29) is 17.7 Å². The van der Waals surface area contributed by atoms with Gasteiger partial charge in [-0.3, -0.25) is 9.59 Å². The zero-order valence-corrected chi connectivity index (χ0v) is 12.2. The van der Waals surface area contributed by atoms with Gasteiger partial charge in [0.1, 0.15) is 11.8 Å². The van der Waals surface area contributed by atoms with Gasteiger partial charge in [0.05, 0.1) is 6.07 Å². The molecule has 1 amide bonds. The minimum Gasteiger partial charge on any atom is -0.480 e. The van der Waals surface area contributed by atoms with Crippen molar-refractivity contribution in [1.82, 2.24) is 5.32 Å². The van der Waals surface area contributed by atoms with Crippen LogP contribution in [0.5, 0.6) is 5.75 Å². The van der Waals surface area contributed by atoms with Gasteiger partial charge in [0.15, 0.2) is 0 Å². The van der Waals surface area contributed by atoms with Crippen LogP contribution in [0.25, 0.3) is 0 Å². The Morgan fingerprint density at radius 1 is 1.32 bits per heavy atom. The number of nitrogens with one attached hydrogen (secondary N) is 1. The quantitative estimate of drug-likeness (QED) is 0.605. The smallest absolute Gasteiger partial charge is 0.326 e. The lowest BCUT2D eigenvalue weighted by Gasteiger charge is -2.15. The van der Waals surface area contributed by atoms with Crippen LogP contribution < -0.4 is 10.1 Å². The number of carboxylic acid groups (broad SMARTS) is 1. The second kappa shape index (κ2) is 7.78. The molecule has 0 fully saturated rings. The van der Waals surface area contributed by atoms with Gasteiger partial charge in [-0.15, -0.1) is 0 Å². The summed E-state index contributed by atoms with van der Waals surface area (Å²) in [6.45, 7) is 2.84. The zero-order valence-electron chi connectivity index (χ0n) is 12.2. The zero-order chi connectivity index (χ0) is 16.7. The molecule has 7 nitrogen and oxygen atoms in total. The summed E-state index contributed by atoms with van der Waals surface area (Å²) in [4.78, 5) is 33.9. The minimum absolute atomic E-state index is 0.0170. The van der Waals surface area contributed by atoms with Crippen LogP contribution in [0.3, 0.4) is 0 Å². The molecule has 22 heavy (non-hydrogen) atoms. The number of nitrogens with zero attached hydrogens (tertiary/aromatic N) is 1. The Bertz CT molecular complexity index is 603. The molecule has 0 saturated carbocycles. The van der Waals surface area contributed by atoms with Crippen molar-refractivity contribution in [3.05, 3.63) is 29.8 Å². The molecule has 0 saturated heterocycles. The molecule has 0 bridgehead atoms. The number of carboxylic acids is 1. The highest BCUT2D eigenvalue weighted by Gasteiger charge is 2.23. The molecule has 0 aliphatic rings. The van der Waals surface area contributed by atoms with E-state index in [1.165, 1.54) is 31.2 Å². The van der Waals surface area contributed by atoms with E-state index in [0.717, 1.165) is 0 Å². The monoisotopic (exact) mass is 304 g/mol. The van der Waals surface area contributed by atoms with Crippen LogP contribution in [0.1, 0.15) is 30.6 Å². The fourth-order valence-electron chi connectivity index (χ4n) is 1.71. The van der Waals surface area contributed by atoms with Crippen molar-refractivity contribution in [2.75, 3.05) is 0 Å². The fourth-order valence-corrected chi connectivity index (χ4v) is 1.71. The molecule has 1 rings (SSSR count). The number of hydrogen-bond donors (Lipinski definition) is 2. The predicted octanol–water partition coefficient (Wildman–Crippen LogP) is 1.34. The largest absolute Gasteiger partial charge is 0.480 e. The molecule has 0 aliphatic heterocycles. The Kier molecular flexibility index (Phi) is 6.08. The van der Waals surface area contributed by atoms with E-state index < -0.39 is 29.8 Å². The molecule has 116 valence electrons. The third-order valence-corrected chi connectivity index (χ3v) is 2.79. The molecule has 0 aromatic heterocycles. The summed E-state index contributed by atoms with van der Waals surface area (Å²) < 4.78 is 4.83. The van der Waals surface area contributed by atoms with Crippen molar-refractivity contribution < 1.29 is 24.2 Å². The van der Waals surface area contributed by atoms with E-state index in [4.69, 9.17) is 15.1 Å². The number of aliphatic carboxylic acids is 1.